The number of nitrogens with one attached hydrogen (secondary N) is 2. The molecule has 4 N–H and O–H groups in total. The van der Waals surface area contributed by atoms with Crippen LogP contribution in [0.3, 0.4) is 0 Å². The van der Waals surface area contributed by atoms with Crippen LogP contribution in [0.4, 0.5) is 4.79 Å². The van der Waals surface area contributed by atoms with Gasteiger partial charge in [0.2, 0.25) is 21.4 Å². The first-order valence-corrected chi connectivity index (χ1v) is 4.90. The first kappa shape index (κ1) is 11.1. The molecule has 0 fully saturated rings. The second-order valence-corrected chi connectivity index (χ2v) is 2.32. The van der Waals surface area contributed by atoms with Gasteiger partial charge in [0.15, 0.2) is 0 Å². The van der Waals surface area contributed by atoms with Gasteiger partial charge in [0.05, 0.1) is 6.61 Å². The summed E-state index contributed by atoms with van der Waals surface area (Å²) >= 11 is -1.17. The van der Waals surface area contributed by atoms with E-state index in [2.05, 4.69) is 12.9 Å². The number of amidine groups is 1. The summed E-state index contributed by atoms with van der Waals surface area (Å²) in [4.78, 5) is 10.6. The van der Waals surface area contributed by atoms with Crippen LogP contribution in [0, 0.1) is 3.56 Å². The van der Waals surface area contributed by atoms with Crippen LogP contribution in [-0.4, -0.2) is 18.7 Å². The van der Waals surface area contributed by atoms with Gasteiger partial charge >= 0.3 is 12.1 Å². The van der Waals surface area contributed by atoms with Gasteiger partial charge in [-0.2, -0.15) is 0 Å². The normalized spacial score (nSPS) is 10.6. The first-order valence-electron chi connectivity index (χ1n) is 2.94. The smallest absolute Gasteiger partial charge is 0.427 e. The molecule has 0 aromatic heterocycles. The maximum Gasteiger partial charge on any atom is 0.427 e. The summed E-state index contributed by atoms with van der Waals surface area (Å²) in [5, 5.41) is 3.29. The summed E-state index contributed by atoms with van der Waals surface area (Å²) in [5.74, 6) is 0. The Bertz CT molecular complexity index is 195. The Labute approximate surface area is 79.8 Å². The predicted molar refractivity (Wildman–Crippen MR) is 49.6 cm³/mol. The van der Waals surface area contributed by atoms with Crippen molar-refractivity contribution in [3.8, 4) is 0 Å². The molecule has 0 rings (SSSR count). The number of carbonyl (C=O) groups excluding carboxylic acids is 1. The highest BCUT2D eigenvalue weighted by Gasteiger charge is 1.97. The van der Waals surface area contributed by atoms with Crippen LogP contribution in [-0.2, 0) is 7.80 Å². The molecule has 12 heavy (non-hydrogen) atoms. The molecule has 1 amide bonds. The van der Waals surface area contributed by atoms with E-state index in [4.69, 9.17) is 9.30 Å². The third kappa shape index (κ3) is 5.82. The standard InChI is InChI=1S/C4H9IN4O3/c1-2-11-4(10)9-8-3(6)12-5-7/h7H,2H2,1H3,(H2,6,8)(H,9,10). The Morgan fingerprint density at radius 2 is 2.50 bits per heavy atom. The van der Waals surface area contributed by atoms with Crippen molar-refractivity contribution in [1.29, 1.82) is 3.56 Å². The maximum absolute atomic E-state index is 10.6. The molecule has 0 spiro atoms. The van der Waals surface area contributed by atoms with Crippen molar-refractivity contribution in [2.45, 2.75) is 6.92 Å². The van der Waals surface area contributed by atoms with Crippen molar-refractivity contribution >= 4 is 33.6 Å². The van der Waals surface area contributed by atoms with E-state index in [0.29, 0.717) is 0 Å². The van der Waals surface area contributed by atoms with Gasteiger partial charge in [-0.1, -0.05) is 0 Å². The first-order chi connectivity index (χ1) is 5.70. The van der Waals surface area contributed by atoms with E-state index in [1.807, 2.05) is 5.43 Å². The van der Waals surface area contributed by atoms with Crippen LogP contribution in [0.5, 0.6) is 0 Å². The summed E-state index contributed by atoms with van der Waals surface area (Å²) in [6, 6.07) is -0.231. The Balaban J connectivity index is 3.70. The lowest BCUT2D eigenvalue weighted by atomic mass is 10.9. The van der Waals surface area contributed by atoms with Gasteiger partial charge in [-0.05, 0) is 6.92 Å². The van der Waals surface area contributed by atoms with E-state index in [1.165, 1.54) is 0 Å². The molecular formula is C4H9IN4O3. The highest BCUT2D eigenvalue weighted by atomic mass is 127. The monoisotopic (exact) mass is 288 g/mol. The van der Waals surface area contributed by atoms with Crippen molar-refractivity contribution in [1.82, 2.24) is 5.43 Å². The zero-order valence-corrected chi connectivity index (χ0v) is 8.49. The fraction of sp³-hybridized carbons (Fsp3) is 0.500. The number of nitrogens with two attached hydrogens (primary N) is 1. The van der Waals surface area contributed by atoms with Gasteiger partial charge in [0.1, 0.15) is 0 Å². The molecule has 0 aliphatic rings. The number of amides is 1. The van der Waals surface area contributed by atoms with Gasteiger partial charge in [-0.15, -0.1) is 5.10 Å². The fourth-order valence-corrected chi connectivity index (χ4v) is 0.645. The van der Waals surface area contributed by atoms with Crippen molar-refractivity contribution in [2.24, 2.45) is 10.8 Å². The third-order valence-electron chi connectivity index (χ3n) is 0.650. The Kier molecular flexibility index (Phi) is 6.24. The quantitative estimate of drug-likeness (QED) is 0.306. The Morgan fingerprint density at radius 1 is 1.83 bits per heavy atom. The molecule has 0 aliphatic heterocycles. The van der Waals surface area contributed by atoms with E-state index >= 15 is 0 Å². The van der Waals surface area contributed by atoms with Crippen LogP contribution in [0.2, 0.25) is 0 Å². The summed E-state index contributed by atoms with van der Waals surface area (Å²) in [5.41, 5.74) is 7.07. The maximum atomic E-state index is 10.6. The number of hydrogen-bond acceptors (Lipinski definition) is 5. The van der Waals surface area contributed by atoms with Crippen molar-refractivity contribution < 1.29 is 12.6 Å². The zero-order valence-electron chi connectivity index (χ0n) is 6.33. The number of ether oxygens (including phenoxy) is 1. The molecular weight excluding hydrogens is 279 g/mol. The molecule has 0 unspecified atom stereocenters. The van der Waals surface area contributed by atoms with E-state index in [9.17, 15) is 4.79 Å². The third-order valence-corrected chi connectivity index (χ3v) is 1.32. The van der Waals surface area contributed by atoms with Gasteiger partial charge in [0.25, 0.3) is 0 Å². The summed E-state index contributed by atoms with van der Waals surface area (Å²) in [6.45, 7) is 1.92. The Hall–Kier alpha value is -0.930. The van der Waals surface area contributed by atoms with E-state index < -0.39 is 27.5 Å². The lowest BCUT2D eigenvalue weighted by Crippen LogP contribution is -2.23. The van der Waals surface area contributed by atoms with Crippen LogP contribution < -0.4 is 11.2 Å². The minimum atomic E-state index is -1.17. The topological polar surface area (TPSA) is 110 Å². The van der Waals surface area contributed by atoms with Crippen molar-refractivity contribution in [3.05, 3.63) is 0 Å². The molecule has 0 heterocycles. The molecule has 70 valence electrons. The number of halogens is 1. The summed E-state index contributed by atoms with van der Waals surface area (Å²) < 4.78 is 15.7. The minimum Gasteiger partial charge on any atom is -0.449 e. The molecule has 0 aromatic rings. The molecule has 7 nitrogen and oxygen atoms in total. The number of hydrazone groups is 1. The molecule has 0 radical (unpaired) electrons. The van der Waals surface area contributed by atoms with Gasteiger partial charge in [-0.3, -0.25) is 0 Å². The lowest BCUT2D eigenvalue weighted by Gasteiger charge is -1.99. The fourth-order valence-electron chi connectivity index (χ4n) is 0.321. The summed E-state index contributed by atoms with van der Waals surface area (Å²) in [6.07, 6.45) is -0.702. The molecule has 0 aliphatic carbocycles. The lowest BCUT2D eigenvalue weighted by molar-refractivity contribution is 0.152. The number of hydrogen-bond donors (Lipinski definition) is 3. The average Bonchev–Trinajstić information content (AvgIpc) is 2.02. The molecule has 0 atom stereocenters. The van der Waals surface area contributed by atoms with Crippen LogP contribution >= 0.6 is 21.4 Å². The van der Waals surface area contributed by atoms with E-state index in [1.54, 1.807) is 6.92 Å². The molecule has 8 heteroatoms. The highest BCUT2D eigenvalue weighted by molar-refractivity contribution is 14.1. The second kappa shape index (κ2) is 6.76. The number of carbonyl (C=O) groups is 1. The van der Waals surface area contributed by atoms with Crippen LogP contribution in [0.1, 0.15) is 6.92 Å². The summed E-state index contributed by atoms with van der Waals surface area (Å²) in [7, 11) is 0. The molecule has 0 aromatic carbocycles. The van der Waals surface area contributed by atoms with Gasteiger partial charge < -0.3 is 13.5 Å². The Morgan fingerprint density at radius 3 is 3.00 bits per heavy atom. The largest absolute Gasteiger partial charge is 0.449 e. The molecule has 0 saturated heterocycles. The van der Waals surface area contributed by atoms with Gasteiger partial charge in [0, 0.05) is 0 Å². The van der Waals surface area contributed by atoms with Crippen LogP contribution in [0.25, 0.3) is 0 Å². The van der Waals surface area contributed by atoms with E-state index in [0.717, 1.165) is 0 Å². The zero-order chi connectivity index (χ0) is 9.40. The van der Waals surface area contributed by atoms with Gasteiger partial charge in [-0.25, -0.2) is 13.8 Å². The van der Waals surface area contributed by atoms with E-state index in [-0.39, 0.29) is 12.6 Å². The number of nitrogens with zero attached hydrogens (tertiary/aromatic N) is 1. The molecule has 0 saturated carbocycles. The predicted octanol–water partition coefficient (Wildman–Crippen LogP) is 0.627. The van der Waals surface area contributed by atoms with Crippen LogP contribution in [0.15, 0.2) is 5.10 Å². The minimum absolute atomic E-state index is 0.231. The van der Waals surface area contributed by atoms with Crippen molar-refractivity contribution in [3.63, 3.8) is 0 Å². The molecule has 0 bridgehead atoms. The SMILES string of the molecule is CCOC(=O)N/N=C(\N)OI=N. The van der Waals surface area contributed by atoms with Crippen molar-refractivity contribution in [2.75, 3.05) is 6.61 Å². The second-order valence-electron chi connectivity index (χ2n) is 1.44. The average molecular weight is 288 g/mol. The highest BCUT2D eigenvalue weighted by Crippen LogP contribution is 1.93. The number of rotatable bonds is 3.